The van der Waals surface area contributed by atoms with Crippen LogP contribution in [0.5, 0.6) is 0 Å². The second-order valence-electron chi connectivity index (χ2n) is 3.67. The highest BCUT2D eigenvalue weighted by atomic mass is 35.5. The van der Waals surface area contributed by atoms with Crippen LogP contribution in [0, 0.1) is 0 Å². The van der Waals surface area contributed by atoms with E-state index in [9.17, 15) is 9.59 Å². The summed E-state index contributed by atoms with van der Waals surface area (Å²) in [6.45, 7) is 2.43. The maximum atomic E-state index is 11.4. The first-order chi connectivity index (χ1) is 8.63. The van der Waals surface area contributed by atoms with Crippen LogP contribution in [0.25, 0.3) is 0 Å². The van der Waals surface area contributed by atoms with Gasteiger partial charge in [-0.2, -0.15) is 0 Å². The summed E-state index contributed by atoms with van der Waals surface area (Å²) in [7, 11) is 0. The number of rotatable bonds is 6. The number of hydrogen-bond acceptors (Lipinski definition) is 3. The van der Waals surface area contributed by atoms with Crippen LogP contribution in [-0.4, -0.2) is 25.0 Å². The number of hydrogen-bond donors (Lipinski definition) is 1. The number of ether oxygens (including phenoxy) is 1. The second kappa shape index (κ2) is 7.71. The van der Waals surface area contributed by atoms with Crippen molar-refractivity contribution < 1.29 is 14.3 Å². The largest absolute Gasteiger partial charge is 0.466 e. The Balaban J connectivity index is 2.28. The van der Waals surface area contributed by atoms with Gasteiger partial charge in [0.25, 0.3) is 0 Å². The molecule has 0 fully saturated rings. The Morgan fingerprint density at radius 2 is 2.06 bits per heavy atom. The third kappa shape index (κ3) is 5.19. The standard InChI is InChI=1S/C13H16ClNO3/c1-2-18-13(17)9-12(16)15-8-7-10-5-3-4-6-11(10)14/h3-6H,2,7-9H2,1H3,(H,15,16). The molecule has 18 heavy (non-hydrogen) atoms. The molecule has 1 aromatic rings. The minimum absolute atomic E-state index is 0.240. The summed E-state index contributed by atoms with van der Waals surface area (Å²) in [5.74, 6) is -0.840. The van der Waals surface area contributed by atoms with Gasteiger partial charge in [0.15, 0.2) is 0 Å². The molecule has 0 bridgehead atoms. The Morgan fingerprint density at radius 3 is 2.72 bits per heavy atom. The number of esters is 1. The van der Waals surface area contributed by atoms with E-state index in [1.165, 1.54) is 0 Å². The lowest BCUT2D eigenvalue weighted by Crippen LogP contribution is -2.28. The summed E-state index contributed by atoms with van der Waals surface area (Å²) in [6, 6.07) is 7.45. The molecule has 1 amide bonds. The SMILES string of the molecule is CCOC(=O)CC(=O)NCCc1ccccc1Cl. The molecule has 0 radical (unpaired) electrons. The smallest absolute Gasteiger partial charge is 0.315 e. The lowest BCUT2D eigenvalue weighted by atomic mass is 10.1. The lowest BCUT2D eigenvalue weighted by Gasteiger charge is -2.06. The van der Waals surface area contributed by atoms with E-state index in [1.54, 1.807) is 13.0 Å². The average Bonchev–Trinajstić information content (AvgIpc) is 2.31. The van der Waals surface area contributed by atoms with Gasteiger partial charge >= 0.3 is 5.97 Å². The summed E-state index contributed by atoms with van der Waals surface area (Å²) in [5.41, 5.74) is 0.968. The van der Waals surface area contributed by atoms with E-state index in [-0.39, 0.29) is 18.9 Å². The minimum atomic E-state index is -0.507. The highest BCUT2D eigenvalue weighted by Gasteiger charge is 2.09. The molecule has 1 rings (SSSR count). The molecule has 5 heteroatoms. The van der Waals surface area contributed by atoms with Crippen LogP contribution in [0.4, 0.5) is 0 Å². The van der Waals surface area contributed by atoms with Gasteiger partial charge in [-0.05, 0) is 25.0 Å². The first-order valence-electron chi connectivity index (χ1n) is 5.79. The van der Waals surface area contributed by atoms with Crippen molar-refractivity contribution in [1.29, 1.82) is 0 Å². The molecular weight excluding hydrogens is 254 g/mol. The normalized spacial score (nSPS) is 9.89. The Hall–Kier alpha value is -1.55. The van der Waals surface area contributed by atoms with Crippen molar-refractivity contribution in [3.8, 4) is 0 Å². The van der Waals surface area contributed by atoms with Gasteiger partial charge in [0, 0.05) is 11.6 Å². The molecule has 0 heterocycles. The number of halogens is 1. The van der Waals surface area contributed by atoms with E-state index in [0.29, 0.717) is 18.0 Å². The molecule has 0 aromatic heterocycles. The van der Waals surface area contributed by atoms with Crippen LogP contribution in [0.15, 0.2) is 24.3 Å². The van der Waals surface area contributed by atoms with Crippen molar-refractivity contribution in [2.45, 2.75) is 19.8 Å². The van der Waals surface area contributed by atoms with Gasteiger partial charge in [-0.1, -0.05) is 29.8 Å². The van der Waals surface area contributed by atoms with Crippen molar-refractivity contribution in [2.75, 3.05) is 13.2 Å². The van der Waals surface area contributed by atoms with Crippen molar-refractivity contribution in [3.63, 3.8) is 0 Å². The quantitative estimate of drug-likeness (QED) is 0.634. The molecule has 4 nitrogen and oxygen atoms in total. The third-order valence-electron chi connectivity index (χ3n) is 2.28. The number of benzene rings is 1. The molecule has 0 spiro atoms. The molecule has 98 valence electrons. The Kier molecular flexibility index (Phi) is 6.22. The Labute approximate surface area is 111 Å². The predicted molar refractivity (Wildman–Crippen MR) is 69.4 cm³/mol. The molecule has 0 aliphatic rings. The maximum Gasteiger partial charge on any atom is 0.315 e. The van der Waals surface area contributed by atoms with E-state index in [2.05, 4.69) is 10.1 Å². The second-order valence-corrected chi connectivity index (χ2v) is 4.08. The zero-order valence-corrected chi connectivity index (χ0v) is 11.0. The van der Waals surface area contributed by atoms with Gasteiger partial charge in [-0.3, -0.25) is 9.59 Å². The summed E-state index contributed by atoms with van der Waals surface area (Å²) in [6.07, 6.45) is 0.393. The molecule has 0 aliphatic heterocycles. The van der Waals surface area contributed by atoms with Gasteiger partial charge < -0.3 is 10.1 Å². The molecule has 0 atom stereocenters. The maximum absolute atomic E-state index is 11.4. The fraction of sp³-hybridized carbons (Fsp3) is 0.385. The fourth-order valence-corrected chi connectivity index (χ4v) is 1.67. The monoisotopic (exact) mass is 269 g/mol. The van der Waals surface area contributed by atoms with Gasteiger partial charge in [-0.15, -0.1) is 0 Å². The Morgan fingerprint density at radius 1 is 1.33 bits per heavy atom. The topological polar surface area (TPSA) is 55.4 Å². The molecule has 0 aliphatic carbocycles. The van der Waals surface area contributed by atoms with E-state index in [1.807, 2.05) is 18.2 Å². The first-order valence-corrected chi connectivity index (χ1v) is 6.17. The van der Waals surface area contributed by atoms with E-state index < -0.39 is 5.97 Å². The molecule has 0 saturated carbocycles. The summed E-state index contributed by atoms with van der Waals surface area (Å²) >= 11 is 5.98. The number of amides is 1. The molecule has 1 N–H and O–H groups in total. The first kappa shape index (κ1) is 14.5. The molecule has 0 saturated heterocycles. The third-order valence-corrected chi connectivity index (χ3v) is 2.65. The highest BCUT2D eigenvalue weighted by molar-refractivity contribution is 6.31. The summed E-state index contributed by atoms with van der Waals surface area (Å²) < 4.78 is 4.68. The van der Waals surface area contributed by atoms with Gasteiger partial charge in [0.1, 0.15) is 6.42 Å². The van der Waals surface area contributed by atoms with Crippen molar-refractivity contribution in [3.05, 3.63) is 34.9 Å². The zero-order chi connectivity index (χ0) is 13.4. The van der Waals surface area contributed by atoms with Crippen LogP contribution >= 0.6 is 11.6 Å². The van der Waals surface area contributed by atoms with Crippen LogP contribution < -0.4 is 5.32 Å². The van der Waals surface area contributed by atoms with E-state index in [0.717, 1.165) is 5.56 Å². The molecular formula is C13H16ClNO3. The van der Waals surface area contributed by atoms with Gasteiger partial charge in [-0.25, -0.2) is 0 Å². The number of nitrogens with one attached hydrogen (secondary N) is 1. The Bertz CT molecular complexity index is 420. The van der Waals surface area contributed by atoms with Crippen molar-refractivity contribution in [1.82, 2.24) is 5.32 Å². The van der Waals surface area contributed by atoms with Crippen molar-refractivity contribution >= 4 is 23.5 Å². The number of carbonyl (C=O) groups excluding carboxylic acids is 2. The summed E-state index contributed by atoms with van der Waals surface area (Å²) in [4.78, 5) is 22.4. The van der Waals surface area contributed by atoms with Crippen LogP contribution in [-0.2, 0) is 20.7 Å². The molecule has 1 aromatic carbocycles. The average molecular weight is 270 g/mol. The van der Waals surface area contributed by atoms with E-state index in [4.69, 9.17) is 11.6 Å². The summed E-state index contributed by atoms with van der Waals surface area (Å²) in [5, 5.41) is 3.33. The van der Waals surface area contributed by atoms with Crippen LogP contribution in [0.1, 0.15) is 18.9 Å². The van der Waals surface area contributed by atoms with Crippen LogP contribution in [0.2, 0.25) is 5.02 Å². The fourth-order valence-electron chi connectivity index (χ4n) is 1.44. The minimum Gasteiger partial charge on any atom is -0.466 e. The number of carbonyl (C=O) groups is 2. The molecule has 0 unspecified atom stereocenters. The van der Waals surface area contributed by atoms with E-state index >= 15 is 0 Å². The van der Waals surface area contributed by atoms with Gasteiger partial charge in [0.2, 0.25) is 5.91 Å². The predicted octanol–water partition coefficient (Wildman–Crippen LogP) is 1.95. The van der Waals surface area contributed by atoms with Gasteiger partial charge in [0.05, 0.1) is 6.61 Å². The highest BCUT2D eigenvalue weighted by Crippen LogP contribution is 2.14. The lowest BCUT2D eigenvalue weighted by molar-refractivity contribution is -0.145. The zero-order valence-electron chi connectivity index (χ0n) is 10.2. The van der Waals surface area contributed by atoms with Crippen LogP contribution in [0.3, 0.4) is 0 Å². The van der Waals surface area contributed by atoms with Crippen molar-refractivity contribution in [2.24, 2.45) is 0 Å².